The summed E-state index contributed by atoms with van der Waals surface area (Å²) in [7, 11) is 0. The molecule has 0 amide bonds. The second-order valence-corrected chi connectivity index (χ2v) is 5.39. The van der Waals surface area contributed by atoms with Crippen LogP contribution < -0.4 is 5.32 Å². The van der Waals surface area contributed by atoms with Gasteiger partial charge in [-0.3, -0.25) is 0 Å². The first-order valence-electron chi connectivity index (χ1n) is 6.14. The Hall–Kier alpha value is -0.450. The highest BCUT2D eigenvalue weighted by Crippen LogP contribution is 2.20. The van der Waals surface area contributed by atoms with Crippen LogP contribution in [0, 0.1) is 0 Å². The van der Waals surface area contributed by atoms with Gasteiger partial charge in [0, 0.05) is 30.6 Å². The molecule has 1 aliphatic rings. The number of nitrogens with one attached hydrogen (secondary N) is 1. The van der Waals surface area contributed by atoms with Crippen molar-refractivity contribution in [2.24, 2.45) is 0 Å². The zero-order chi connectivity index (χ0) is 11.2. The lowest BCUT2D eigenvalue weighted by molar-refractivity contribution is 0.0168. The molecule has 1 N–H and O–H groups in total. The summed E-state index contributed by atoms with van der Waals surface area (Å²) in [5.41, 5.74) is 0. The van der Waals surface area contributed by atoms with E-state index in [-0.39, 0.29) is 0 Å². The molecular weight excluding hydrogens is 220 g/mol. The van der Waals surface area contributed by atoms with Crippen molar-refractivity contribution in [3.05, 3.63) is 16.1 Å². The maximum atomic E-state index is 5.72. The van der Waals surface area contributed by atoms with E-state index in [0.717, 1.165) is 26.1 Å². The molecule has 1 aromatic rings. The third kappa shape index (κ3) is 3.54. The first-order valence-corrected chi connectivity index (χ1v) is 6.96. The molecule has 1 atom stereocenters. The Bertz CT molecular complexity index is 308. The predicted molar refractivity (Wildman–Crippen MR) is 66.8 cm³/mol. The summed E-state index contributed by atoms with van der Waals surface area (Å²) >= 11 is 1.81. The molecule has 2 heterocycles. The highest BCUT2D eigenvalue weighted by molar-refractivity contribution is 7.11. The van der Waals surface area contributed by atoms with Gasteiger partial charge in [0.2, 0.25) is 0 Å². The van der Waals surface area contributed by atoms with Gasteiger partial charge in [0.25, 0.3) is 0 Å². The Balaban J connectivity index is 1.81. The van der Waals surface area contributed by atoms with Crippen LogP contribution in [0.2, 0.25) is 0 Å². The molecule has 0 aromatic carbocycles. The van der Waals surface area contributed by atoms with E-state index < -0.39 is 0 Å². The second kappa shape index (κ2) is 6.33. The van der Waals surface area contributed by atoms with E-state index in [1.807, 2.05) is 17.5 Å². The lowest BCUT2D eigenvalue weighted by Crippen LogP contribution is -2.21. The smallest absolute Gasteiger partial charge is 0.0954 e. The highest BCUT2D eigenvalue weighted by Gasteiger charge is 2.16. The molecule has 0 saturated carbocycles. The Labute approximate surface area is 101 Å². The number of nitrogens with zero attached hydrogens (tertiary/aromatic N) is 1. The summed E-state index contributed by atoms with van der Waals surface area (Å²) in [4.78, 5) is 5.79. The minimum Gasteiger partial charge on any atom is -0.378 e. The van der Waals surface area contributed by atoms with Crippen molar-refractivity contribution < 1.29 is 4.74 Å². The van der Waals surface area contributed by atoms with E-state index >= 15 is 0 Å². The standard InChI is InChI=1S/C12H20N2OS/c1-2-13-8-11-9-14-12(16-11)7-10-5-3-4-6-15-10/h9-10,13H,2-8H2,1H3. The zero-order valence-corrected chi connectivity index (χ0v) is 10.7. The second-order valence-electron chi connectivity index (χ2n) is 4.19. The molecule has 16 heavy (non-hydrogen) atoms. The molecule has 1 aromatic heterocycles. The molecule has 1 aliphatic heterocycles. The van der Waals surface area contributed by atoms with Gasteiger partial charge >= 0.3 is 0 Å². The van der Waals surface area contributed by atoms with Gasteiger partial charge in [-0.25, -0.2) is 4.98 Å². The summed E-state index contributed by atoms with van der Waals surface area (Å²) in [6.45, 7) is 5.01. The van der Waals surface area contributed by atoms with Crippen LogP contribution >= 0.6 is 11.3 Å². The van der Waals surface area contributed by atoms with Gasteiger partial charge in [0.05, 0.1) is 11.1 Å². The number of hydrogen-bond donors (Lipinski definition) is 1. The van der Waals surface area contributed by atoms with Crippen LogP contribution in [0.1, 0.15) is 36.1 Å². The fourth-order valence-electron chi connectivity index (χ4n) is 1.94. The Kier molecular flexibility index (Phi) is 4.75. The van der Waals surface area contributed by atoms with Gasteiger partial charge in [-0.1, -0.05) is 6.92 Å². The normalized spacial score (nSPS) is 21.2. The van der Waals surface area contributed by atoms with Crippen molar-refractivity contribution >= 4 is 11.3 Å². The van der Waals surface area contributed by atoms with Crippen LogP contribution in [0.3, 0.4) is 0 Å². The molecule has 90 valence electrons. The predicted octanol–water partition coefficient (Wildman–Crippen LogP) is 2.36. The fraction of sp³-hybridized carbons (Fsp3) is 0.750. The summed E-state index contributed by atoms with van der Waals surface area (Å²) < 4.78 is 5.72. The van der Waals surface area contributed by atoms with Crippen LogP contribution in [-0.2, 0) is 17.7 Å². The average Bonchev–Trinajstić information content (AvgIpc) is 2.75. The van der Waals surface area contributed by atoms with Crippen molar-refractivity contribution in [1.82, 2.24) is 10.3 Å². The van der Waals surface area contributed by atoms with Crippen LogP contribution in [0.5, 0.6) is 0 Å². The van der Waals surface area contributed by atoms with Crippen molar-refractivity contribution in [1.29, 1.82) is 0 Å². The quantitative estimate of drug-likeness (QED) is 0.858. The molecular formula is C12H20N2OS. The third-order valence-electron chi connectivity index (χ3n) is 2.83. The lowest BCUT2D eigenvalue weighted by atomic mass is 10.1. The molecule has 1 fully saturated rings. The highest BCUT2D eigenvalue weighted by atomic mass is 32.1. The van der Waals surface area contributed by atoms with Crippen LogP contribution in [-0.4, -0.2) is 24.2 Å². The van der Waals surface area contributed by atoms with Crippen LogP contribution in [0.15, 0.2) is 6.20 Å². The van der Waals surface area contributed by atoms with Crippen molar-refractivity contribution in [2.75, 3.05) is 13.2 Å². The van der Waals surface area contributed by atoms with Crippen molar-refractivity contribution in [3.63, 3.8) is 0 Å². The van der Waals surface area contributed by atoms with Gasteiger partial charge in [-0.2, -0.15) is 0 Å². The van der Waals surface area contributed by atoms with E-state index in [1.54, 1.807) is 0 Å². The van der Waals surface area contributed by atoms with Gasteiger partial charge in [0.15, 0.2) is 0 Å². The van der Waals surface area contributed by atoms with Gasteiger partial charge < -0.3 is 10.1 Å². The number of thiazole rings is 1. The molecule has 0 aliphatic carbocycles. The van der Waals surface area contributed by atoms with Gasteiger partial charge in [0.1, 0.15) is 0 Å². The van der Waals surface area contributed by atoms with Gasteiger partial charge in [-0.15, -0.1) is 11.3 Å². The Morgan fingerprint density at radius 2 is 2.50 bits per heavy atom. The molecule has 3 nitrogen and oxygen atoms in total. The molecule has 1 saturated heterocycles. The average molecular weight is 240 g/mol. The number of hydrogen-bond acceptors (Lipinski definition) is 4. The van der Waals surface area contributed by atoms with E-state index in [0.29, 0.717) is 6.10 Å². The Morgan fingerprint density at radius 1 is 1.56 bits per heavy atom. The van der Waals surface area contributed by atoms with E-state index in [1.165, 1.54) is 29.1 Å². The maximum absolute atomic E-state index is 5.72. The van der Waals surface area contributed by atoms with Crippen LogP contribution in [0.4, 0.5) is 0 Å². The number of rotatable bonds is 5. The molecule has 2 rings (SSSR count). The van der Waals surface area contributed by atoms with E-state index in [2.05, 4.69) is 17.2 Å². The van der Waals surface area contributed by atoms with Crippen molar-refractivity contribution in [3.8, 4) is 0 Å². The zero-order valence-electron chi connectivity index (χ0n) is 9.87. The number of aromatic nitrogens is 1. The molecule has 4 heteroatoms. The van der Waals surface area contributed by atoms with Gasteiger partial charge in [-0.05, 0) is 25.8 Å². The molecule has 1 unspecified atom stereocenters. The summed E-state index contributed by atoms with van der Waals surface area (Å²) in [6, 6.07) is 0. The molecule has 0 bridgehead atoms. The third-order valence-corrected chi connectivity index (χ3v) is 3.85. The van der Waals surface area contributed by atoms with Crippen molar-refractivity contribution in [2.45, 2.75) is 45.3 Å². The minimum absolute atomic E-state index is 0.409. The largest absolute Gasteiger partial charge is 0.378 e. The monoisotopic (exact) mass is 240 g/mol. The topological polar surface area (TPSA) is 34.2 Å². The summed E-state index contributed by atoms with van der Waals surface area (Å²) in [6.07, 6.45) is 7.12. The number of ether oxygens (including phenoxy) is 1. The minimum atomic E-state index is 0.409. The first-order chi connectivity index (χ1) is 7.88. The van der Waals surface area contributed by atoms with Crippen LogP contribution in [0.25, 0.3) is 0 Å². The molecule has 0 radical (unpaired) electrons. The molecule has 0 spiro atoms. The first kappa shape index (κ1) is 12.0. The summed E-state index contributed by atoms with van der Waals surface area (Å²) in [5.74, 6) is 0. The lowest BCUT2D eigenvalue weighted by Gasteiger charge is -2.21. The van der Waals surface area contributed by atoms with E-state index in [4.69, 9.17) is 4.74 Å². The summed E-state index contributed by atoms with van der Waals surface area (Å²) in [5, 5.41) is 4.54. The SMILES string of the molecule is CCNCc1cnc(CC2CCCCO2)s1. The Morgan fingerprint density at radius 3 is 3.25 bits per heavy atom. The van der Waals surface area contributed by atoms with E-state index in [9.17, 15) is 0 Å². The maximum Gasteiger partial charge on any atom is 0.0954 e. The fourth-order valence-corrected chi connectivity index (χ4v) is 2.89.